The molecule has 1 heterocycles. The van der Waals surface area contributed by atoms with Gasteiger partial charge in [-0.15, -0.1) is 0 Å². The van der Waals surface area contributed by atoms with Crippen LogP contribution in [0, 0.1) is 5.82 Å². The number of aryl methyl sites for hydroxylation is 1. The number of rotatable bonds is 3. The van der Waals surface area contributed by atoms with Gasteiger partial charge in [-0.2, -0.15) is 5.10 Å². The van der Waals surface area contributed by atoms with E-state index in [1.54, 1.807) is 37.4 Å². The number of hydrogen-bond donors (Lipinski definition) is 1. The van der Waals surface area contributed by atoms with E-state index in [1.807, 2.05) is 0 Å². The van der Waals surface area contributed by atoms with Crippen LogP contribution in [-0.2, 0) is 13.6 Å². The van der Waals surface area contributed by atoms with Crippen LogP contribution in [0.5, 0.6) is 0 Å². The van der Waals surface area contributed by atoms with Crippen molar-refractivity contribution in [2.75, 3.05) is 0 Å². The van der Waals surface area contributed by atoms with Gasteiger partial charge in [0.2, 0.25) is 5.43 Å². The molecule has 1 aromatic heterocycles. The Bertz CT molecular complexity index is 1000. The molecule has 0 aliphatic rings. The molecule has 1 amide bonds. The second-order valence-electron chi connectivity index (χ2n) is 5.24. The number of amides is 1. The Labute approximate surface area is 141 Å². The summed E-state index contributed by atoms with van der Waals surface area (Å²) < 4.78 is 15.0. The van der Waals surface area contributed by atoms with Crippen molar-refractivity contribution in [1.82, 2.24) is 15.1 Å². The largest absolute Gasteiger partial charge is 0.346 e. The van der Waals surface area contributed by atoms with Crippen molar-refractivity contribution in [1.29, 1.82) is 0 Å². The molecule has 0 saturated carbocycles. The number of aromatic nitrogens is 2. The highest BCUT2D eigenvalue weighted by Gasteiger charge is 2.17. The standard InChI is InChI=1S/C17H13ClFN3O2/c1-22-14-7-6-11(18)8-12(14)16(23)15(21-22)17(24)20-9-10-4-2-3-5-13(10)19/h2-8H,9H2,1H3,(H,20,24). The quantitative estimate of drug-likeness (QED) is 0.793. The lowest BCUT2D eigenvalue weighted by atomic mass is 10.2. The summed E-state index contributed by atoms with van der Waals surface area (Å²) in [6, 6.07) is 10.9. The lowest BCUT2D eigenvalue weighted by Gasteiger charge is -2.09. The summed E-state index contributed by atoms with van der Waals surface area (Å²) in [6.07, 6.45) is 0. The van der Waals surface area contributed by atoms with Gasteiger partial charge in [0.15, 0.2) is 5.69 Å². The number of carbonyl (C=O) groups is 1. The molecule has 0 fully saturated rings. The topological polar surface area (TPSA) is 64.0 Å². The minimum absolute atomic E-state index is 0.0378. The van der Waals surface area contributed by atoms with Gasteiger partial charge in [-0.1, -0.05) is 29.8 Å². The number of benzene rings is 2. The molecular formula is C17H13ClFN3O2. The van der Waals surface area contributed by atoms with Crippen molar-refractivity contribution >= 4 is 28.4 Å². The van der Waals surface area contributed by atoms with Gasteiger partial charge >= 0.3 is 0 Å². The van der Waals surface area contributed by atoms with Crippen LogP contribution < -0.4 is 10.7 Å². The van der Waals surface area contributed by atoms with Crippen molar-refractivity contribution in [3.8, 4) is 0 Å². The van der Waals surface area contributed by atoms with Gasteiger partial charge in [0, 0.05) is 24.2 Å². The van der Waals surface area contributed by atoms with Crippen LogP contribution in [0.1, 0.15) is 16.1 Å². The lowest BCUT2D eigenvalue weighted by Crippen LogP contribution is -2.31. The number of carbonyl (C=O) groups excluding carboxylic acids is 1. The third kappa shape index (κ3) is 3.00. The van der Waals surface area contributed by atoms with Gasteiger partial charge in [-0.3, -0.25) is 14.3 Å². The molecule has 0 aliphatic heterocycles. The molecule has 0 spiro atoms. The zero-order chi connectivity index (χ0) is 17.3. The van der Waals surface area contributed by atoms with Crippen LogP contribution in [0.15, 0.2) is 47.3 Å². The van der Waals surface area contributed by atoms with E-state index in [0.717, 1.165) is 0 Å². The maximum atomic E-state index is 13.6. The SMILES string of the molecule is Cn1nc(C(=O)NCc2ccccc2F)c(=O)c2cc(Cl)ccc21. The summed E-state index contributed by atoms with van der Waals surface area (Å²) >= 11 is 5.92. The highest BCUT2D eigenvalue weighted by Crippen LogP contribution is 2.15. The predicted molar refractivity (Wildman–Crippen MR) is 89.6 cm³/mol. The summed E-state index contributed by atoms with van der Waals surface area (Å²) in [7, 11) is 1.63. The molecule has 2 aromatic carbocycles. The summed E-state index contributed by atoms with van der Waals surface area (Å²) in [5.41, 5.74) is 0.113. The second kappa shape index (κ2) is 6.41. The Morgan fingerprint density at radius 1 is 1.29 bits per heavy atom. The highest BCUT2D eigenvalue weighted by atomic mass is 35.5. The first-order chi connectivity index (χ1) is 11.5. The van der Waals surface area contributed by atoms with Crippen LogP contribution >= 0.6 is 11.6 Å². The van der Waals surface area contributed by atoms with Gasteiger partial charge in [0.25, 0.3) is 5.91 Å². The second-order valence-corrected chi connectivity index (χ2v) is 5.67. The number of fused-ring (bicyclic) bond motifs is 1. The average Bonchev–Trinajstić information content (AvgIpc) is 2.57. The van der Waals surface area contributed by atoms with E-state index in [1.165, 1.54) is 16.8 Å². The van der Waals surface area contributed by atoms with Crippen LogP contribution in [0.3, 0.4) is 0 Å². The molecule has 0 bridgehead atoms. The van der Waals surface area contributed by atoms with Crippen molar-refractivity contribution in [2.45, 2.75) is 6.54 Å². The molecule has 0 aliphatic carbocycles. The van der Waals surface area contributed by atoms with Crippen molar-refractivity contribution in [3.63, 3.8) is 0 Å². The Balaban J connectivity index is 1.94. The number of hydrogen-bond acceptors (Lipinski definition) is 3. The first-order valence-electron chi connectivity index (χ1n) is 7.15. The van der Waals surface area contributed by atoms with Crippen molar-refractivity contribution < 1.29 is 9.18 Å². The van der Waals surface area contributed by atoms with Crippen molar-refractivity contribution in [3.05, 3.63) is 74.8 Å². The van der Waals surface area contributed by atoms with Gasteiger partial charge in [0.1, 0.15) is 5.82 Å². The molecule has 122 valence electrons. The van der Waals surface area contributed by atoms with Gasteiger partial charge in [-0.05, 0) is 24.3 Å². The number of nitrogens with one attached hydrogen (secondary N) is 1. The fourth-order valence-electron chi connectivity index (χ4n) is 2.40. The zero-order valence-electron chi connectivity index (χ0n) is 12.7. The first kappa shape index (κ1) is 16.1. The minimum atomic E-state index is -0.666. The predicted octanol–water partition coefficient (Wildman–Crippen LogP) is 2.66. The van der Waals surface area contributed by atoms with E-state index in [4.69, 9.17) is 11.6 Å². The average molecular weight is 346 g/mol. The van der Waals surface area contributed by atoms with E-state index in [9.17, 15) is 14.0 Å². The molecule has 0 atom stereocenters. The van der Waals surface area contributed by atoms with E-state index in [2.05, 4.69) is 10.4 Å². The molecule has 0 radical (unpaired) electrons. The molecule has 0 saturated heterocycles. The molecule has 5 nitrogen and oxygen atoms in total. The lowest BCUT2D eigenvalue weighted by molar-refractivity contribution is 0.0942. The van der Waals surface area contributed by atoms with Gasteiger partial charge in [-0.25, -0.2) is 4.39 Å². The van der Waals surface area contributed by atoms with Crippen LogP contribution in [0.25, 0.3) is 10.9 Å². The molecular weight excluding hydrogens is 333 g/mol. The van der Waals surface area contributed by atoms with E-state index in [0.29, 0.717) is 21.5 Å². The van der Waals surface area contributed by atoms with Crippen molar-refractivity contribution in [2.24, 2.45) is 7.05 Å². The molecule has 1 N–H and O–H groups in total. The maximum Gasteiger partial charge on any atom is 0.276 e. The summed E-state index contributed by atoms with van der Waals surface area (Å²) in [5.74, 6) is -1.09. The fraction of sp³-hybridized carbons (Fsp3) is 0.118. The molecule has 3 aromatic rings. The molecule has 24 heavy (non-hydrogen) atoms. The normalized spacial score (nSPS) is 10.8. The van der Waals surface area contributed by atoms with Gasteiger partial charge < -0.3 is 5.32 Å². The molecule has 3 rings (SSSR count). The van der Waals surface area contributed by atoms with Crippen LogP contribution in [0.4, 0.5) is 4.39 Å². The Morgan fingerprint density at radius 3 is 2.79 bits per heavy atom. The summed E-state index contributed by atoms with van der Waals surface area (Å²) in [6.45, 7) is -0.0378. The third-order valence-corrected chi connectivity index (χ3v) is 3.86. The smallest absolute Gasteiger partial charge is 0.276 e. The van der Waals surface area contributed by atoms with Crippen LogP contribution in [0.2, 0.25) is 5.02 Å². The summed E-state index contributed by atoms with van der Waals surface area (Å²) in [5, 5.41) is 7.23. The molecule has 7 heteroatoms. The fourth-order valence-corrected chi connectivity index (χ4v) is 2.57. The monoisotopic (exact) mass is 345 g/mol. The number of nitrogens with zero attached hydrogens (tertiary/aromatic N) is 2. The Kier molecular flexibility index (Phi) is 4.31. The number of halogens is 2. The van der Waals surface area contributed by atoms with Gasteiger partial charge in [0.05, 0.1) is 10.9 Å². The van der Waals surface area contributed by atoms with E-state index in [-0.39, 0.29) is 12.2 Å². The van der Waals surface area contributed by atoms with Crippen LogP contribution in [-0.4, -0.2) is 15.7 Å². The van der Waals surface area contributed by atoms with E-state index >= 15 is 0 Å². The zero-order valence-corrected chi connectivity index (χ0v) is 13.5. The third-order valence-electron chi connectivity index (χ3n) is 3.63. The first-order valence-corrected chi connectivity index (χ1v) is 7.53. The Morgan fingerprint density at radius 2 is 2.04 bits per heavy atom. The molecule has 0 unspecified atom stereocenters. The Hall–Kier alpha value is -2.73. The minimum Gasteiger partial charge on any atom is -0.346 e. The van der Waals surface area contributed by atoms with E-state index < -0.39 is 17.2 Å². The summed E-state index contributed by atoms with van der Waals surface area (Å²) in [4.78, 5) is 24.8. The maximum absolute atomic E-state index is 13.6. The highest BCUT2D eigenvalue weighted by molar-refractivity contribution is 6.31.